The van der Waals surface area contributed by atoms with Crippen molar-refractivity contribution in [2.24, 2.45) is 0 Å². The monoisotopic (exact) mass is 234 g/mol. The van der Waals surface area contributed by atoms with Crippen molar-refractivity contribution in [3.63, 3.8) is 0 Å². The Bertz CT molecular complexity index is 414. The van der Waals surface area contributed by atoms with Gasteiger partial charge in [-0.15, -0.1) is 0 Å². The minimum atomic E-state index is -0.382. The summed E-state index contributed by atoms with van der Waals surface area (Å²) in [4.78, 5) is 15.5. The van der Waals surface area contributed by atoms with Crippen LogP contribution in [0.1, 0.15) is 19.3 Å². The van der Waals surface area contributed by atoms with Crippen LogP contribution in [0.25, 0.3) is 0 Å². The Morgan fingerprint density at radius 1 is 1.24 bits per heavy atom. The first-order valence-electron chi connectivity index (χ1n) is 5.88. The van der Waals surface area contributed by atoms with E-state index >= 15 is 0 Å². The molecule has 2 heterocycles. The lowest BCUT2D eigenvalue weighted by Gasteiger charge is -2.10. The Labute approximate surface area is 99.1 Å². The maximum Gasteiger partial charge on any atom is 0.261 e. The zero-order valence-corrected chi connectivity index (χ0v) is 9.39. The first-order chi connectivity index (χ1) is 8.31. The molecular formula is C12H14N2O3. The summed E-state index contributed by atoms with van der Waals surface area (Å²) in [6, 6.07) is 3.57. The van der Waals surface area contributed by atoms with Crippen LogP contribution in [-0.2, 0) is 4.79 Å². The molecule has 1 aromatic rings. The molecule has 2 fully saturated rings. The largest absolute Gasteiger partial charge is 0.479 e. The summed E-state index contributed by atoms with van der Waals surface area (Å²) in [6.07, 6.45) is 4.49. The van der Waals surface area contributed by atoms with Gasteiger partial charge in [0.2, 0.25) is 5.88 Å². The molecule has 1 aromatic heterocycles. The van der Waals surface area contributed by atoms with Crippen LogP contribution in [0.15, 0.2) is 18.3 Å². The van der Waals surface area contributed by atoms with Gasteiger partial charge in [0.15, 0.2) is 6.10 Å². The molecule has 1 unspecified atom stereocenters. The van der Waals surface area contributed by atoms with E-state index in [0.717, 1.165) is 12.8 Å². The fourth-order valence-electron chi connectivity index (χ4n) is 1.71. The van der Waals surface area contributed by atoms with E-state index in [9.17, 15) is 4.79 Å². The van der Waals surface area contributed by atoms with Crippen molar-refractivity contribution in [1.29, 1.82) is 0 Å². The van der Waals surface area contributed by atoms with E-state index in [-0.39, 0.29) is 12.0 Å². The number of carbonyl (C=O) groups is 1. The van der Waals surface area contributed by atoms with E-state index in [1.54, 1.807) is 18.3 Å². The average Bonchev–Trinajstić information content (AvgIpc) is 3.06. The second-order valence-electron chi connectivity index (χ2n) is 4.34. The first kappa shape index (κ1) is 10.4. The van der Waals surface area contributed by atoms with Crippen LogP contribution in [-0.4, -0.2) is 29.6 Å². The zero-order chi connectivity index (χ0) is 11.7. The summed E-state index contributed by atoms with van der Waals surface area (Å²) >= 11 is 0. The highest BCUT2D eigenvalue weighted by Crippen LogP contribution is 2.26. The van der Waals surface area contributed by atoms with Crippen LogP contribution in [0.4, 0.5) is 0 Å². The Morgan fingerprint density at radius 2 is 2.12 bits per heavy atom. The number of amides is 1. The van der Waals surface area contributed by atoms with Gasteiger partial charge in [-0.3, -0.25) is 4.79 Å². The van der Waals surface area contributed by atoms with Crippen molar-refractivity contribution in [2.75, 3.05) is 6.54 Å². The highest BCUT2D eigenvalue weighted by molar-refractivity contribution is 5.83. The second-order valence-corrected chi connectivity index (χ2v) is 4.34. The van der Waals surface area contributed by atoms with Gasteiger partial charge in [-0.05, 0) is 18.9 Å². The highest BCUT2D eigenvalue weighted by Gasteiger charge is 2.26. The minimum Gasteiger partial charge on any atom is -0.479 e. The van der Waals surface area contributed by atoms with E-state index in [2.05, 4.69) is 10.3 Å². The Hall–Kier alpha value is -1.78. The number of aromatic nitrogens is 1. The van der Waals surface area contributed by atoms with Gasteiger partial charge in [0.25, 0.3) is 5.91 Å². The molecule has 90 valence electrons. The number of rotatable bonds is 4. The summed E-state index contributed by atoms with van der Waals surface area (Å²) in [5.41, 5.74) is 0. The maximum absolute atomic E-state index is 11.3. The van der Waals surface area contributed by atoms with E-state index in [4.69, 9.17) is 9.47 Å². The van der Waals surface area contributed by atoms with Crippen molar-refractivity contribution >= 4 is 5.91 Å². The van der Waals surface area contributed by atoms with Gasteiger partial charge in [0.05, 0.1) is 6.20 Å². The molecule has 1 saturated carbocycles. The smallest absolute Gasteiger partial charge is 0.261 e. The van der Waals surface area contributed by atoms with Gasteiger partial charge in [0, 0.05) is 19.0 Å². The number of nitrogens with zero attached hydrogens (tertiary/aromatic N) is 1. The molecule has 1 atom stereocenters. The Morgan fingerprint density at radius 3 is 2.71 bits per heavy atom. The molecule has 1 aliphatic heterocycles. The maximum atomic E-state index is 11.3. The van der Waals surface area contributed by atoms with Crippen molar-refractivity contribution < 1.29 is 14.3 Å². The van der Waals surface area contributed by atoms with E-state index in [0.29, 0.717) is 30.7 Å². The fraction of sp³-hybridized carbons (Fsp3) is 0.500. The van der Waals surface area contributed by atoms with Crippen LogP contribution in [0, 0.1) is 0 Å². The molecule has 1 amide bonds. The first-order valence-corrected chi connectivity index (χ1v) is 5.88. The van der Waals surface area contributed by atoms with Crippen molar-refractivity contribution in [1.82, 2.24) is 10.3 Å². The lowest BCUT2D eigenvalue weighted by molar-refractivity contribution is -0.124. The normalized spacial score (nSPS) is 23.3. The third-order valence-corrected chi connectivity index (χ3v) is 2.80. The molecule has 5 heteroatoms. The van der Waals surface area contributed by atoms with Gasteiger partial charge < -0.3 is 14.8 Å². The minimum absolute atomic E-state index is 0.0525. The third-order valence-electron chi connectivity index (χ3n) is 2.80. The third kappa shape index (κ3) is 2.49. The van der Waals surface area contributed by atoms with Crippen LogP contribution in [0.2, 0.25) is 0 Å². The lowest BCUT2D eigenvalue weighted by Crippen LogP contribution is -2.27. The number of nitrogens with one attached hydrogen (secondary N) is 1. The van der Waals surface area contributed by atoms with Crippen LogP contribution in [0.3, 0.4) is 0 Å². The molecule has 0 bridgehead atoms. The number of carbonyl (C=O) groups excluding carboxylic acids is 1. The SMILES string of the molecule is O=C1NCCC1Oc1ccc(OC2CC2)nc1. The number of ether oxygens (including phenoxy) is 2. The Kier molecular flexibility index (Phi) is 2.59. The van der Waals surface area contributed by atoms with Gasteiger partial charge in [-0.2, -0.15) is 0 Å². The molecule has 1 saturated heterocycles. The zero-order valence-electron chi connectivity index (χ0n) is 9.39. The van der Waals surface area contributed by atoms with Gasteiger partial charge in [0.1, 0.15) is 11.9 Å². The van der Waals surface area contributed by atoms with Crippen LogP contribution >= 0.6 is 0 Å². The molecule has 5 nitrogen and oxygen atoms in total. The standard InChI is InChI=1S/C12H14N2O3/c15-12-10(5-6-13-12)16-9-3-4-11(14-7-9)17-8-1-2-8/h3-4,7-8,10H,1-2,5-6H2,(H,13,15). The molecular weight excluding hydrogens is 220 g/mol. The summed E-state index contributed by atoms with van der Waals surface area (Å²) in [6.45, 7) is 0.680. The predicted octanol–water partition coefficient (Wildman–Crippen LogP) is 0.890. The van der Waals surface area contributed by atoms with Crippen molar-refractivity contribution in [2.45, 2.75) is 31.5 Å². The Balaban J connectivity index is 1.61. The predicted molar refractivity (Wildman–Crippen MR) is 59.9 cm³/mol. The lowest BCUT2D eigenvalue weighted by atomic mass is 10.3. The topological polar surface area (TPSA) is 60.5 Å². The molecule has 3 rings (SSSR count). The van der Waals surface area contributed by atoms with E-state index in [1.165, 1.54) is 0 Å². The van der Waals surface area contributed by atoms with Crippen molar-refractivity contribution in [3.8, 4) is 11.6 Å². The summed E-state index contributed by atoms with van der Waals surface area (Å²) in [7, 11) is 0. The van der Waals surface area contributed by atoms with Gasteiger partial charge in [-0.1, -0.05) is 0 Å². The number of pyridine rings is 1. The average molecular weight is 234 g/mol. The summed E-state index contributed by atoms with van der Waals surface area (Å²) in [5.74, 6) is 1.18. The second kappa shape index (κ2) is 4.24. The molecule has 0 radical (unpaired) electrons. The molecule has 0 spiro atoms. The molecule has 17 heavy (non-hydrogen) atoms. The van der Waals surface area contributed by atoms with Gasteiger partial charge >= 0.3 is 0 Å². The summed E-state index contributed by atoms with van der Waals surface area (Å²) in [5, 5.41) is 2.73. The van der Waals surface area contributed by atoms with Crippen LogP contribution < -0.4 is 14.8 Å². The van der Waals surface area contributed by atoms with Crippen LogP contribution in [0.5, 0.6) is 11.6 Å². The summed E-state index contributed by atoms with van der Waals surface area (Å²) < 4.78 is 11.1. The quantitative estimate of drug-likeness (QED) is 0.840. The number of hydrogen-bond donors (Lipinski definition) is 1. The van der Waals surface area contributed by atoms with E-state index < -0.39 is 0 Å². The van der Waals surface area contributed by atoms with Gasteiger partial charge in [-0.25, -0.2) is 4.98 Å². The molecule has 2 aliphatic rings. The fourth-order valence-corrected chi connectivity index (χ4v) is 1.71. The molecule has 0 aromatic carbocycles. The number of hydrogen-bond acceptors (Lipinski definition) is 4. The molecule has 1 aliphatic carbocycles. The van der Waals surface area contributed by atoms with Crippen molar-refractivity contribution in [3.05, 3.63) is 18.3 Å². The highest BCUT2D eigenvalue weighted by atomic mass is 16.5. The molecule has 1 N–H and O–H groups in total. The van der Waals surface area contributed by atoms with E-state index in [1.807, 2.05) is 0 Å².